The van der Waals surface area contributed by atoms with Crippen LogP contribution in [0, 0.1) is 5.95 Å². The van der Waals surface area contributed by atoms with Crippen molar-refractivity contribution in [2.75, 3.05) is 0 Å². The molecule has 0 radical (unpaired) electrons. The number of halogens is 2. The number of hydrogen-bond acceptors (Lipinski definition) is 3. The van der Waals surface area contributed by atoms with E-state index in [-0.39, 0.29) is 0 Å². The van der Waals surface area contributed by atoms with Gasteiger partial charge in [-0.05, 0) is 34.1 Å². The predicted molar refractivity (Wildman–Crippen MR) is 60.3 cm³/mol. The molecule has 0 bridgehead atoms. The van der Waals surface area contributed by atoms with E-state index in [9.17, 15) is 4.39 Å². The van der Waals surface area contributed by atoms with Crippen LogP contribution in [-0.4, -0.2) is 9.97 Å². The van der Waals surface area contributed by atoms with E-state index in [0.717, 1.165) is 14.4 Å². The van der Waals surface area contributed by atoms with Gasteiger partial charge in [0.25, 0.3) is 0 Å². The van der Waals surface area contributed by atoms with Crippen molar-refractivity contribution in [1.29, 1.82) is 0 Å². The second-order valence-electron chi connectivity index (χ2n) is 2.71. The second-order valence-corrected chi connectivity index (χ2v) is 4.62. The molecule has 76 valence electrons. The largest absolute Gasteiger partial charge is 0.248 e. The maximum absolute atomic E-state index is 12.8. The summed E-state index contributed by atoms with van der Waals surface area (Å²) in [7, 11) is 0. The van der Waals surface area contributed by atoms with Gasteiger partial charge < -0.3 is 0 Å². The van der Waals surface area contributed by atoms with Gasteiger partial charge in [-0.15, -0.1) is 0 Å². The topological polar surface area (TPSA) is 25.8 Å². The molecule has 5 heteroatoms. The van der Waals surface area contributed by atoms with Crippen LogP contribution in [0.4, 0.5) is 4.39 Å². The first kappa shape index (κ1) is 10.6. The summed E-state index contributed by atoms with van der Waals surface area (Å²) in [5.74, 6) is -0.480. The lowest BCUT2D eigenvalue weighted by molar-refractivity contribution is 0.579. The quantitative estimate of drug-likeness (QED) is 0.789. The molecule has 15 heavy (non-hydrogen) atoms. The summed E-state index contributed by atoms with van der Waals surface area (Å²) in [5.41, 5.74) is 0. The number of pyridine rings is 2. The van der Waals surface area contributed by atoms with Gasteiger partial charge in [0.2, 0.25) is 5.95 Å². The third-order valence-corrected chi connectivity index (χ3v) is 3.55. The molecule has 0 aliphatic heterocycles. The first-order valence-electron chi connectivity index (χ1n) is 4.15. The van der Waals surface area contributed by atoms with Crippen molar-refractivity contribution in [3.8, 4) is 0 Å². The number of hydrogen-bond donors (Lipinski definition) is 0. The highest BCUT2D eigenvalue weighted by atomic mass is 79.9. The average molecular weight is 285 g/mol. The molecule has 0 unspecified atom stereocenters. The third-order valence-electron chi connectivity index (χ3n) is 1.64. The fourth-order valence-electron chi connectivity index (χ4n) is 1.01. The molecular formula is C10H6BrFN2S. The zero-order chi connectivity index (χ0) is 10.7. The Balaban J connectivity index is 2.26. The van der Waals surface area contributed by atoms with Crippen molar-refractivity contribution < 1.29 is 4.39 Å². The van der Waals surface area contributed by atoms with E-state index in [0.29, 0.717) is 0 Å². The van der Waals surface area contributed by atoms with Crippen LogP contribution in [0.25, 0.3) is 0 Å². The Bertz CT molecular complexity index is 478. The molecule has 2 aromatic heterocycles. The van der Waals surface area contributed by atoms with E-state index in [1.165, 1.54) is 24.0 Å². The van der Waals surface area contributed by atoms with Gasteiger partial charge in [-0.25, -0.2) is 9.97 Å². The van der Waals surface area contributed by atoms with Crippen molar-refractivity contribution in [3.63, 3.8) is 0 Å². The van der Waals surface area contributed by atoms with Gasteiger partial charge in [0.15, 0.2) is 0 Å². The minimum atomic E-state index is -0.480. The Kier molecular flexibility index (Phi) is 3.33. The summed E-state index contributed by atoms with van der Waals surface area (Å²) < 4.78 is 13.7. The van der Waals surface area contributed by atoms with Crippen LogP contribution in [0.5, 0.6) is 0 Å². The molecule has 2 rings (SSSR count). The Morgan fingerprint density at radius 2 is 2.07 bits per heavy atom. The highest BCUT2D eigenvalue weighted by Gasteiger charge is 2.03. The normalized spacial score (nSPS) is 10.3. The van der Waals surface area contributed by atoms with Crippen molar-refractivity contribution in [2.45, 2.75) is 9.92 Å². The number of nitrogens with zero attached hydrogens (tertiary/aromatic N) is 2. The summed E-state index contributed by atoms with van der Waals surface area (Å²) >= 11 is 4.77. The Morgan fingerprint density at radius 3 is 2.80 bits per heavy atom. The van der Waals surface area contributed by atoms with Gasteiger partial charge in [0, 0.05) is 23.4 Å². The zero-order valence-electron chi connectivity index (χ0n) is 7.52. The molecule has 0 amide bonds. The van der Waals surface area contributed by atoms with E-state index in [4.69, 9.17) is 0 Å². The van der Waals surface area contributed by atoms with Gasteiger partial charge in [0.05, 0.1) is 4.47 Å². The summed E-state index contributed by atoms with van der Waals surface area (Å²) in [4.78, 5) is 8.45. The highest BCUT2D eigenvalue weighted by molar-refractivity contribution is 9.10. The van der Waals surface area contributed by atoms with E-state index in [2.05, 4.69) is 25.9 Å². The average Bonchev–Trinajstić information content (AvgIpc) is 2.22. The fourth-order valence-corrected chi connectivity index (χ4v) is 2.29. The standard InChI is InChI=1S/C10H6BrFN2S/c11-8-2-1-4-14-10(8)15-7-3-5-13-9(12)6-7/h1-6H. The fraction of sp³-hybridized carbons (Fsp3) is 0. The lowest BCUT2D eigenvalue weighted by Crippen LogP contribution is -1.84. The van der Waals surface area contributed by atoms with Crippen molar-refractivity contribution in [2.24, 2.45) is 0 Å². The van der Waals surface area contributed by atoms with Gasteiger partial charge in [-0.1, -0.05) is 11.8 Å². The summed E-state index contributed by atoms with van der Waals surface area (Å²) in [6.07, 6.45) is 3.14. The minimum absolute atomic E-state index is 0.480. The number of aromatic nitrogens is 2. The minimum Gasteiger partial charge on any atom is -0.248 e. The van der Waals surface area contributed by atoms with E-state index in [1.54, 1.807) is 12.3 Å². The first-order valence-corrected chi connectivity index (χ1v) is 5.76. The molecule has 0 aliphatic rings. The summed E-state index contributed by atoms with van der Waals surface area (Å²) in [6.45, 7) is 0. The van der Waals surface area contributed by atoms with Crippen LogP contribution in [0.3, 0.4) is 0 Å². The molecule has 0 fully saturated rings. The maximum Gasteiger partial charge on any atom is 0.213 e. The monoisotopic (exact) mass is 284 g/mol. The second kappa shape index (κ2) is 4.72. The Labute approximate surface area is 99.1 Å². The van der Waals surface area contributed by atoms with Crippen molar-refractivity contribution in [3.05, 3.63) is 47.1 Å². The van der Waals surface area contributed by atoms with Crippen LogP contribution < -0.4 is 0 Å². The van der Waals surface area contributed by atoms with Gasteiger partial charge in [-0.2, -0.15) is 4.39 Å². The van der Waals surface area contributed by atoms with E-state index in [1.807, 2.05) is 12.1 Å². The molecule has 0 aromatic carbocycles. The van der Waals surface area contributed by atoms with Gasteiger partial charge >= 0.3 is 0 Å². The van der Waals surface area contributed by atoms with Crippen LogP contribution in [0.2, 0.25) is 0 Å². The Morgan fingerprint density at radius 1 is 1.20 bits per heavy atom. The maximum atomic E-state index is 12.8. The molecule has 2 nitrogen and oxygen atoms in total. The predicted octanol–water partition coefficient (Wildman–Crippen LogP) is 3.53. The lowest BCUT2D eigenvalue weighted by Gasteiger charge is -2.02. The van der Waals surface area contributed by atoms with Gasteiger partial charge in [0.1, 0.15) is 5.03 Å². The molecule has 2 heterocycles. The van der Waals surface area contributed by atoms with Gasteiger partial charge in [-0.3, -0.25) is 0 Å². The zero-order valence-corrected chi connectivity index (χ0v) is 9.93. The smallest absolute Gasteiger partial charge is 0.213 e. The molecule has 0 saturated carbocycles. The van der Waals surface area contributed by atoms with E-state index >= 15 is 0 Å². The molecule has 0 N–H and O–H groups in total. The summed E-state index contributed by atoms with van der Waals surface area (Å²) in [5, 5.41) is 0.808. The first-order chi connectivity index (χ1) is 7.25. The number of rotatable bonds is 2. The SMILES string of the molecule is Fc1cc(Sc2ncccc2Br)ccn1. The van der Waals surface area contributed by atoms with Crippen molar-refractivity contribution in [1.82, 2.24) is 9.97 Å². The van der Waals surface area contributed by atoms with Crippen LogP contribution in [0.1, 0.15) is 0 Å². The van der Waals surface area contributed by atoms with Crippen LogP contribution in [0.15, 0.2) is 51.1 Å². The molecule has 0 spiro atoms. The molecule has 0 aliphatic carbocycles. The van der Waals surface area contributed by atoms with Crippen LogP contribution >= 0.6 is 27.7 Å². The van der Waals surface area contributed by atoms with Crippen LogP contribution in [-0.2, 0) is 0 Å². The Hall–Kier alpha value is -0.940. The molecular weight excluding hydrogens is 279 g/mol. The molecule has 0 atom stereocenters. The summed E-state index contributed by atoms with van der Waals surface area (Å²) in [6, 6.07) is 6.86. The van der Waals surface area contributed by atoms with E-state index < -0.39 is 5.95 Å². The van der Waals surface area contributed by atoms with Crippen molar-refractivity contribution >= 4 is 27.7 Å². The molecule has 2 aromatic rings. The highest BCUT2D eigenvalue weighted by Crippen LogP contribution is 2.31. The lowest BCUT2D eigenvalue weighted by atomic mass is 10.5. The third kappa shape index (κ3) is 2.76. The molecule has 0 saturated heterocycles.